The first-order valence-electron chi connectivity index (χ1n) is 5.91. The van der Waals surface area contributed by atoms with Crippen LogP contribution in [0.2, 0.25) is 0 Å². The molecule has 0 N–H and O–H groups in total. The van der Waals surface area contributed by atoms with Gasteiger partial charge in [-0.05, 0) is 11.6 Å². The van der Waals surface area contributed by atoms with E-state index in [4.69, 9.17) is 4.74 Å². The van der Waals surface area contributed by atoms with Crippen LogP contribution in [0.3, 0.4) is 0 Å². The molecule has 3 nitrogen and oxygen atoms in total. The van der Waals surface area contributed by atoms with Crippen LogP contribution in [0.15, 0.2) is 54.9 Å². The van der Waals surface area contributed by atoms with E-state index in [-0.39, 0.29) is 0 Å². The number of aromatic nitrogens is 2. The molecular formula is C15H14N2O. The molecule has 0 atom stereocenters. The van der Waals surface area contributed by atoms with Gasteiger partial charge in [-0.1, -0.05) is 30.3 Å². The van der Waals surface area contributed by atoms with E-state index in [2.05, 4.69) is 21.5 Å². The summed E-state index contributed by atoms with van der Waals surface area (Å²) in [6.45, 7) is 0. The number of pyridine rings is 1. The largest absolute Gasteiger partial charge is 0.497 e. The Morgan fingerprint density at radius 2 is 2.00 bits per heavy atom. The van der Waals surface area contributed by atoms with Crippen molar-refractivity contribution in [2.24, 2.45) is 0 Å². The predicted molar refractivity (Wildman–Crippen MR) is 71.0 cm³/mol. The van der Waals surface area contributed by atoms with Crippen molar-refractivity contribution in [3.63, 3.8) is 0 Å². The molecule has 3 rings (SSSR count). The summed E-state index contributed by atoms with van der Waals surface area (Å²) in [5, 5.41) is 0. The number of fused-ring (bicyclic) bond motifs is 1. The zero-order valence-corrected chi connectivity index (χ0v) is 10.2. The third kappa shape index (κ3) is 1.95. The lowest BCUT2D eigenvalue weighted by Crippen LogP contribution is -1.96. The Morgan fingerprint density at radius 1 is 1.17 bits per heavy atom. The Balaban J connectivity index is 1.98. The lowest BCUT2D eigenvalue weighted by Gasteiger charge is -2.03. The molecule has 2 heterocycles. The minimum Gasteiger partial charge on any atom is -0.497 e. The molecule has 0 aliphatic rings. The van der Waals surface area contributed by atoms with Gasteiger partial charge < -0.3 is 9.14 Å². The summed E-state index contributed by atoms with van der Waals surface area (Å²) < 4.78 is 7.30. The van der Waals surface area contributed by atoms with Gasteiger partial charge in [-0.25, -0.2) is 4.98 Å². The molecule has 3 heteroatoms. The number of benzene rings is 1. The first-order chi connectivity index (χ1) is 8.86. The van der Waals surface area contributed by atoms with Crippen molar-refractivity contribution in [1.82, 2.24) is 9.38 Å². The fourth-order valence-corrected chi connectivity index (χ4v) is 2.07. The van der Waals surface area contributed by atoms with E-state index in [0.717, 1.165) is 23.5 Å². The zero-order chi connectivity index (χ0) is 12.4. The molecule has 0 bridgehead atoms. The summed E-state index contributed by atoms with van der Waals surface area (Å²) in [6, 6.07) is 14.3. The normalized spacial score (nSPS) is 10.7. The van der Waals surface area contributed by atoms with Crippen molar-refractivity contribution >= 4 is 5.52 Å². The van der Waals surface area contributed by atoms with Gasteiger partial charge in [-0.3, -0.25) is 0 Å². The van der Waals surface area contributed by atoms with Crippen molar-refractivity contribution in [3.05, 3.63) is 66.2 Å². The molecule has 0 radical (unpaired) electrons. The Labute approximate surface area is 106 Å². The SMILES string of the molecule is COc1ccn2c(Cc3ccccc3)ncc2c1. The first-order valence-corrected chi connectivity index (χ1v) is 5.91. The molecule has 18 heavy (non-hydrogen) atoms. The number of hydrogen-bond donors (Lipinski definition) is 0. The summed E-state index contributed by atoms with van der Waals surface area (Å²) in [6.07, 6.45) is 4.71. The molecule has 2 aromatic heterocycles. The van der Waals surface area contributed by atoms with E-state index in [1.54, 1.807) is 7.11 Å². The molecule has 0 aliphatic carbocycles. The highest BCUT2D eigenvalue weighted by molar-refractivity contribution is 5.50. The molecule has 0 saturated carbocycles. The maximum Gasteiger partial charge on any atom is 0.122 e. The van der Waals surface area contributed by atoms with Crippen LogP contribution in [0.25, 0.3) is 5.52 Å². The van der Waals surface area contributed by atoms with Crippen LogP contribution >= 0.6 is 0 Å². The van der Waals surface area contributed by atoms with Crippen molar-refractivity contribution in [3.8, 4) is 5.75 Å². The average Bonchev–Trinajstić information content (AvgIpc) is 2.82. The van der Waals surface area contributed by atoms with Gasteiger partial charge >= 0.3 is 0 Å². The summed E-state index contributed by atoms with van der Waals surface area (Å²) in [5.41, 5.74) is 2.32. The summed E-state index contributed by atoms with van der Waals surface area (Å²) in [5.74, 6) is 1.90. The van der Waals surface area contributed by atoms with E-state index in [0.29, 0.717) is 0 Å². The van der Waals surface area contributed by atoms with Crippen LogP contribution in [-0.2, 0) is 6.42 Å². The van der Waals surface area contributed by atoms with E-state index in [1.165, 1.54) is 5.56 Å². The minimum absolute atomic E-state index is 0.835. The first kappa shape index (κ1) is 10.8. The van der Waals surface area contributed by atoms with Gasteiger partial charge in [0.05, 0.1) is 18.8 Å². The highest BCUT2D eigenvalue weighted by Crippen LogP contribution is 2.17. The second-order valence-electron chi connectivity index (χ2n) is 4.20. The molecule has 0 fully saturated rings. The van der Waals surface area contributed by atoms with Crippen LogP contribution in [0.1, 0.15) is 11.4 Å². The number of methoxy groups -OCH3 is 1. The van der Waals surface area contributed by atoms with E-state index in [9.17, 15) is 0 Å². The van der Waals surface area contributed by atoms with Gasteiger partial charge in [-0.15, -0.1) is 0 Å². The molecular weight excluding hydrogens is 224 g/mol. The number of imidazole rings is 1. The molecule has 0 saturated heterocycles. The van der Waals surface area contributed by atoms with Crippen LogP contribution < -0.4 is 4.74 Å². The van der Waals surface area contributed by atoms with Crippen LogP contribution in [0, 0.1) is 0 Å². The lowest BCUT2D eigenvalue weighted by atomic mass is 10.1. The highest BCUT2D eigenvalue weighted by atomic mass is 16.5. The third-order valence-corrected chi connectivity index (χ3v) is 3.02. The number of hydrogen-bond acceptors (Lipinski definition) is 2. The van der Waals surface area contributed by atoms with Crippen molar-refractivity contribution in [2.45, 2.75) is 6.42 Å². The Hall–Kier alpha value is -2.29. The van der Waals surface area contributed by atoms with Crippen LogP contribution in [0.5, 0.6) is 5.75 Å². The quantitative estimate of drug-likeness (QED) is 0.701. The molecule has 0 unspecified atom stereocenters. The molecule has 0 amide bonds. The molecule has 1 aromatic carbocycles. The fourth-order valence-electron chi connectivity index (χ4n) is 2.07. The van der Waals surface area contributed by atoms with Gasteiger partial charge in [-0.2, -0.15) is 0 Å². The maximum atomic E-state index is 5.21. The number of nitrogens with zero attached hydrogens (tertiary/aromatic N) is 2. The van der Waals surface area contributed by atoms with Crippen molar-refractivity contribution in [1.29, 1.82) is 0 Å². The fraction of sp³-hybridized carbons (Fsp3) is 0.133. The predicted octanol–water partition coefficient (Wildman–Crippen LogP) is 2.93. The van der Waals surface area contributed by atoms with Crippen LogP contribution in [-0.4, -0.2) is 16.5 Å². The summed E-state index contributed by atoms with van der Waals surface area (Å²) in [4.78, 5) is 4.47. The smallest absolute Gasteiger partial charge is 0.122 e. The van der Waals surface area contributed by atoms with Crippen molar-refractivity contribution in [2.75, 3.05) is 7.11 Å². The topological polar surface area (TPSA) is 26.5 Å². The molecule has 90 valence electrons. The maximum absolute atomic E-state index is 5.21. The molecule has 0 aliphatic heterocycles. The average molecular weight is 238 g/mol. The van der Waals surface area contributed by atoms with Gasteiger partial charge in [0.25, 0.3) is 0 Å². The minimum atomic E-state index is 0.835. The van der Waals surface area contributed by atoms with Gasteiger partial charge in [0.1, 0.15) is 11.6 Å². The summed E-state index contributed by atoms with van der Waals surface area (Å²) >= 11 is 0. The summed E-state index contributed by atoms with van der Waals surface area (Å²) in [7, 11) is 1.67. The van der Waals surface area contributed by atoms with Crippen LogP contribution in [0.4, 0.5) is 0 Å². The Bertz CT molecular complexity index is 659. The number of ether oxygens (including phenoxy) is 1. The second-order valence-corrected chi connectivity index (χ2v) is 4.20. The zero-order valence-electron chi connectivity index (χ0n) is 10.2. The monoisotopic (exact) mass is 238 g/mol. The second kappa shape index (κ2) is 4.53. The van der Waals surface area contributed by atoms with Crippen molar-refractivity contribution < 1.29 is 4.74 Å². The Kier molecular flexibility index (Phi) is 2.73. The highest BCUT2D eigenvalue weighted by Gasteiger charge is 2.05. The molecule has 3 aromatic rings. The lowest BCUT2D eigenvalue weighted by molar-refractivity contribution is 0.414. The standard InChI is InChI=1S/C15H14N2O/c1-18-14-7-8-17-13(10-14)11-16-15(17)9-12-5-3-2-4-6-12/h2-8,10-11H,9H2,1H3. The third-order valence-electron chi connectivity index (χ3n) is 3.02. The number of rotatable bonds is 3. The van der Waals surface area contributed by atoms with Gasteiger partial charge in [0.15, 0.2) is 0 Å². The molecule has 0 spiro atoms. The van der Waals surface area contributed by atoms with E-state index < -0.39 is 0 Å². The van der Waals surface area contributed by atoms with E-state index in [1.807, 2.05) is 42.7 Å². The van der Waals surface area contributed by atoms with Gasteiger partial charge in [0, 0.05) is 18.7 Å². The Morgan fingerprint density at radius 3 is 2.78 bits per heavy atom. The van der Waals surface area contributed by atoms with Gasteiger partial charge in [0.2, 0.25) is 0 Å². The van der Waals surface area contributed by atoms with E-state index >= 15 is 0 Å².